The Balaban J connectivity index is 1.89. The smallest absolute Gasteiger partial charge is 0.238 e. The monoisotopic (exact) mass is 323 g/mol. The summed E-state index contributed by atoms with van der Waals surface area (Å²) in [6.07, 6.45) is 0.306. The van der Waals surface area contributed by atoms with E-state index in [2.05, 4.69) is 23.4 Å². The fourth-order valence-corrected chi connectivity index (χ4v) is 3.24. The summed E-state index contributed by atoms with van der Waals surface area (Å²) in [5.74, 6) is 4.89. The minimum absolute atomic E-state index is 0.186. The zero-order chi connectivity index (χ0) is 15.2. The van der Waals surface area contributed by atoms with Crippen LogP contribution in [-0.4, -0.2) is 17.9 Å². The van der Waals surface area contributed by atoms with Gasteiger partial charge in [-0.15, -0.1) is 11.3 Å². The lowest BCUT2D eigenvalue weighted by Gasteiger charge is -2.15. The molecule has 4 nitrogen and oxygen atoms in total. The van der Waals surface area contributed by atoms with Crippen LogP contribution in [0.1, 0.15) is 16.0 Å². The van der Waals surface area contributed by atoms with Crippen LogP contribution in [0, 0.1) is 0 Å². The van der Waals surface area contributed by atoms with Gasteiger partial charge in [0, 0.05) is 18.0 Å². The minimum Gasteiger partial charge on any atom is -0.297 e. The first-order valence-corrected chi connectivity index (χ1v) is 7.76. The van der Waals surface area contributed by atoms with Gasteiger partial charge >= 0.3 is 0 Å². The molecule has 1 aromatic carbocycles. The lowest BCUT2D eigenvalue weighted by Crippen LogP contribution is -2.31. The Morgan fingerprint density at radius 1 is 1.19 bits per heavy atom. The number of halogens is 1. The summed E-state index contributed by atoms with van der Waals surface area (Å²) in [7, 11) is 2.07. The van der Waals surface area contributed by atoms with Crippen molar-refractivity contribution < 1.29 is 4.79 Å². The zero-order valence-electron chi connectivity index (χ0n) is 11.8. The van der Waals surface area contributed by atoms with Gasteiger partial charge in [-0.3, -0.25) is 15.1 Å². The first-order chi connectivity index (χ1) is 10.1. The van der Waals surface area contributed by atoms with Crippen LogP contribution in [0.4, 0.5) is 0 Å². The van der Waals surface area contributed by atoms with Crippen molar-refractivity contribution in [3.63, 3.8) is 0 Å². The van der Waals surface area contributed by atoms with Gasteiger partial charge in [-0.2, -0.15) is 0 Å². The van der Waals surface area contributed by atoms with Crippen LogP contribution >= 0.6 is 22.9 Å². The number of nitrogens with two attached hydrogens (primary N) is 1. The van der Waals surface area contributed by atoms with Crippen molar-refractivity contribution >= 4 is 28.8 Å². The fourth-order valence-electron chi connectivity index (χ4n) is 2.07. The molecule has 0 aliphatic carbocycles. The van der Waals surface area contributed by atoms with Crippen molar-refractivity contribution in [1.29, 1.82) is 0 Å². The van der Waals surface area contributed by atoms with Crippen molar-refractivity contribution in [2.45, 2.75) is 19.5 Å². The lowest BCUT2D eigenvalue weighted by molar-refractivity contribution is -0.120. The maximum atomic E-state index is 11.2. The molecule has 0 spiro atoms. The minimum atomic E-state index is -0.186. The second kappa shape index (κ2) is 7.56. The predicted octanol–water partition coefficient (Wildman–Crippen LogP) is 2.57. The Kier molecular flexibility index (Phi) is 5.76. The number of rotatable bonds is 6. The van der Waals surface area contributed by atoms with Crippen LogP contribution in [0.5, 0.6) is 0 Å². The fraction of sp³-hybridized carbons (Fsp3) is 0.267. The quantitative estimate of drug-likeness (QED) is 0.488. The maximum absolute atomic E-state index is 11.2. The number of hydrogen-bond acceptors (Lipinski definition) is 4. The molecule has 0 unspecified atom stereocenters. The second-order valence-corrected chi connectivity index (χ2v) is 6.74. The van der Waals surface area contributed by atoms with E-state index in [-0.39, 0.29) is 5.91 Å². The first-order valence-electron chi connectivity index (χ1n) is 6.57. The molecule has 0 bridgehead atoms. The molecular formula is C15H18ClN3OS. The van der Waals surface area contributed by atoms with Crippen LogP contribution in [0.2, 0.25) is 4.34 Å². The number of hydrogen-bond donors (Lipinski definition) is 2. The molecule has 2 rings (SSSR count). The van der Waals surface area contributed by atoms with Gasteiger partial charge in [0.05, 0.1) is 10.8 Å². The molecular weight excluding hydrogens is 306 g/mol. The van der Waals surface area contributed by atoms with E-state index in [0.717, 1.165) is 23.0 Å². The van der Waals surface area contributed by atoms with Gasteiger partial charge in [0.15, 0.2) is 0 Å². The van der Waals surface area contributed by atoms with Crippen LogP contribution in [0.3, 0.4) is 0 Å². The molecule has 0 aliphatic rings. The van der Waals surface area contributed by atoms with Gasteiger partial charge < -0.3 is 0 Å². The number of amides is 1. The molecule has 0 saturated carbocycles. The van der Waals surface area contributed by atoms with Crippen LogP contribution in [0.15, 0.2) is 36.4 Å². The average molecular weight is 324 g/mol. The van der Waals surface area contributed by atoms with Gasteiger partial charge in [-0.1, -0.05) is 35.9 Å². The molecule has 1 aromatic heterocycles. The van der Waals surface area contributed by atoms with Crippen molar-refractivity contribution in [3.8, 4) is 0 Å². The number of nitrogens with one attached hydrogen (secondary N) is 1. The van der Waals surface area contributed by atoms with E-state index in [1.807, 2.05) is 30.3 Å². The summed E-state index contributed by atoms with van der Waals surface area (Å²) in [5, 5.41) is 0. The van der Waals surface area contributed by atoms with E-state index in [9.17, 15) is 4.79 Å². The summed E-state index contributed by atoms with van der Waals surface area (Å²) in [4.78, 5) is 14.7. The third-order valence-corrected chi connectivity index (χ3v) is 4.27. The molecule has 21 heavy (non-hydrogen) atoms. The molecule has 112 valence electrons. The highest BCUT2D eigenvalue weighted by Crippen LogP contribution is 2.22. The normalized spacial score (nSPS) is 10.9. The highest BCUT2D eigenvalue weighted by molar-refractivity contribution is 7.16. The number of thiophene rings is 1. The van der Waals surface area contributed by atoms with Crippen LogP contribution in [0.25, 0.3) is 0 Å². The average Bonchev–Trinajstić information content (AvgIpc) is 2.86. The Morgan fingerprint density at radius 2 is 1.86 bits per heavy atom. The molecule has 3 N–H and O–H groups in total. The zero-order valence-corrected chi connectivity index (χ0v) is 13.4. The third kappa shape index (κ3) is 5.13. The molecule has 1 heterocycles. The Hall–Kier alpha value is -1.40. The summed E-state index contributed by atoms with van der Waals surface area (Å²) in [6, 6.07) is 12.0. The number of nitrogens with zero attached hydrogens (tertiary/aromatic N) is 1. The van der Waals surface area contributed by atoms with E-state index in [0.29, 0.717) is 6.42 Å². The van der Waals surface area contributed by atoms with Crippen LogP contribution in [-0.2, 0) is 24.3 Å². The van der Waals surface area contributed by atoms with Crippen molar-refractivity contribution in [2.24, 2.45) is 5.84 Å². The molecule has 0 atom stereocenters. The molecule has 0 radical (unpaired) electrons. The maximum Gasteiger partial charge on any atom is 0.238 e. The summed E-state index contributed by atoms with van der Waals surface area (Å²) >= 11 is 7.54. The number of carbonyl (C=O) groups is 1. The summed E-state index contributed by atoms with van der Waals surface area (Å²) in [5.41, 5.74) is 4.29. The highest BCUT2D eigenvalue weighted by Gasteiger charge is 2.05. The van der Waals surface area contributed by atoms with Gasteiger partial charge in [-0.25, -0.2) is 5.84 Å². The Bertz CT molecular complexity index is 597. The predicted molar refractivity (Wildman–Crippen MR) is 87.0 cm³/mol. The second-order valence-electron chi connectivity index (χ2n) is 4.94. The van der Waals surface area contributed by atoms with E-state index in [1.54, 1.807) is 11.3 Å². The van der Waals surface area contributed by atoms with E-state index in [1.165, 1.54) is 10.4 Å². The highest BCUT2D eigenvalue weighted by atomic mass is 35.5. The van der Waals surface area contributed by atoms with Gasteiger partial charge in [0.2, 0.25) is 5.91 Å². The molecule has 1 amide bonds. The number of hydrazine groups is 1. The van der Waals surface area contributed by atoms with E-state index < -0.39 is 0 Å². The molecule has 0 saturated heterocycles. The van der Waals surface area contributed by atoms with Gasteiger partial charge in [0.1, 0.15) is 0 Å². The van der Waals surface area contributed by atoms with Crippen molar-refractivity contribution in [1.82, 2.24) is 10.3 Å². The first kappa shape index (κ1) is 16.0. The molecule has 0 aliphatic heterocycles. The number of carbonyl (C=O) groups excluding carboxylic acids is 1. The van der Waals surface area contributed by atoms with Crippen molar-refractivity contribution in [2.75, 3.05) is 7.05 Å². The topological polar surface area (TPSA) is 58.4 Å². The standard InChI is InChI=1S/C15H18ClN3OS/c1-19(10-13-6-7-14(16)21-13)9-12-4-2-11(3-5-12)8-15(20)18-17/h2-7H,8-10,17H2,1H3,(H,18,20). The van der Waals surface area contributed by atoms with E-state index >= 15 is 0 Å². The Morgan fingerprint density at radius 3 is 2.43 bits per heavy atom. The van der Waals surface area contributed by atoms with Gasteiger partial charge in [-0.05, 0) is 30.3 Å². The lowest BCUT2D eigenvalue weighted by atomic mass is 10.1. The van der Waals surface area contributed by atoms with Crippen molar-refractivity contribution in [3.05, 3.63) is 56.7 Å². The van der Waals surface area contributed by atoms with Crippen LogP contribution < -0.4 is 11.3 Å². The van der Waals surface area contributed by atoms with E-state index in [4.69, 9.17) is 17.4 Å². The largest absolute Gasteiger partial charge is 0.297 e. The number of benzene rings is 1. The molecule has 2 aromatic rings. The molecule has 0 fully saturated rings. The Labute approximate surface area is 133 Å². The molecule has 6 heteroatoms. The summed E-state index contributed by atoms with van der Waals surface area (Å²) in [6.45, 7) is 1.72. The third-order valence-electron chi connectivity index (χ3n) is 3.06. The summed E-state index contributed by atoms with van der Waals surface area (Å²) < 4.78 is 0.820. The SMILES string of the molecule is CN(Cc1ccc(CC(=O)NN)cc1)Cc1ccc(Cl)s1. The van der Waals surface area contributed by atoms with Gasteiger partial charge in [0.25, 0.3) is 0 Å².